The van der Waals surface area contributed by atoms with E-state index in [0.29, 0.717) is 31.1 Å². The molecule has 0 saturated carbocycles. The van der Waals surface area contributed by atoms with Gasteiger partial charge in [-0.2, -0.15) is 0 Å². The number of halogens is 1. The SMILES string of the molecule is C/C=C(C)\C=C/C1=C(C(=O)N2CCc3nc[nH]c3C2)C=NC1.C=Cc1ccccc1/C=C\C.CCCC(F)CCC(C)C. The lowest BCUT2D eigenvalue weighted by Crippen LogP contribution is -2.37. The number of nitrogens with one attached hydrogen (secondary N) is 1. The Morgan fingerprint density at radius 2 is 1.88 bits per heavy atom. The third-order valence-corrected chi connectivity index (χ3v) is 7.34. The molecule has 0 radical (unpaired) electrons. The number of benzene rings is 1. The normalized spacial score (nSPS) is 15.3. The van der Waals surface area contributed by atoms with Gasteiger partial charge in [-0.15, -0.1) is 0 Å². The summed E-state index contributed by atoms with van der Waals surface area (Å²) in [5, 5.41) is 0. The van der Waals surface area contributed by atoms with Gasteiger partial charge in [0.25, 0.3) is 5.91 Å². The number of alkyl halides is 1. The van der Waals surface area contributed by atoms with Crippen molar-refractivity contribution in [2.24, 2.45) is 10.9 Å². The summed E-state index contributed by atoms with van der Waals surface area (Å²) < 4.78 is 12.8. The molecule has 0 fully saturated rings. The van der Waals surface area contributed by atoms with Crippen molar-refractivity contribution in [3.63, 3.8) is 0 Å². The van der Waals surface area contributed by atoms with Crippen molar-refractivity contribution in [3.8, 4) is 0 Å². The number of carbonyl (C=O) groups excluding carboxylic acids is 1. The molecule has 3 heterocycles. The highest BCUT2D eigenvalue weighted by molar-refractivity contribution is 6.14. The van der Waals surface area contributed by atoms with Crippen molar-refractivity contribution in [3.05, 3.63) is 101 Å². The number of aromatic nitrogens is 2. The molecule has 43 heavy (non-hydrogen) atoms. The van der Waals surface area contributed by atoms with Crippen molar-refractivity contribution >= 4 is 24.3 Å². The second-order valence-corrected chi connectivity index (χ2v) is 11.3. The van der Waals surface area contributed by atoms with Gasteiger partial charge >= 0.3 is 0 Å². The average molecular weight is 587 g/mol. The molecule has 1 aromatic carbocycles. The molecule has 5 nitrogen and oxygen atoms in total. The van der Waals surface area contributed by atoms with Crippen LogP contribution in [0, 0.1) is 5.92 Å². The first-order chi connectivity index (χ1) is 20.7. The molecule has 0 spiro atoms. The summed E-state index contributed by atoms with van der Waals surface area (Å²) in [6.45, 7) is 18.0. The van der Waals surface area contributed by atoms with Crippen LogP contribution in [-0.4, -0.2) is 46.3 Å². The van der Waals surface area contributed by atoms with E-state index in [2.05, 4.69) is 53.6 Å². The average Bonchev–Trinajstić information content (AvgIpc) is 3.69. The fourth-order valence-corrected chi connectivity index (χ4v) is 4.62. The lowest BCUT2D eigenvalue weighted by molar-refractivity contribution is -0.127. The van der Waals surface area contributed by atoms with Gasteiger partial charge in [0.2, 0.25) is 0 Å². The van der Waals surface area contributed by atoms with Crippen LogP contribution in [0.15, 0.2) is 83.2 Å². The third-order valence-electron chi connectivity index (χ3n) is 7.34. The smallest absolute Gasteiger partial charge is 0.256 e. The van der Waals surface area contributed by atoms with Gasteiger partial charge in [0.05, 0.1) is 36.4 Å². The Morgan fingerprint density at radius 3 is 2.53 bits per heavy atom. The molecule has 2 aliphatic heterocycles. The number of carbonyl (C=O) groups is 1. The first-order valence-corrected chi connectivity index (χ1v) is 15.6. The molecule has 6 heteroatoms. The Labute approximate surface area is 259 Å². The highest BCUT2D eigenvalue weighted by Crippen LogP contribution is 2.21. The minimum absolute atomic E-state index is 0.0549. The predicted molar refractivity (Wildman–Crippen MR) is 182 cm³/mol. The van der Waals surface area contributed by atoms with Crippen LogP contribution in [0.2, 0.25) is 0 Å². The van der Waals surface area contributed by atoms with E-state index in [1.807, 2.05) is 75.1 Å². The van der Waals surface area contributed by atoms with Crippen molar-refractivity contribution in [1.29, 1.82) is 0 Å². The van der Waals surface area contributed by atoms with E-state index in [-0.39, 0.29) is 5.91 Å². The van der Waals surface area contributed by atoms with Gasteiger partial charge in [0.15, 0.2) is 0 Å². The fourth-order valence-electron chi connectivity index (χ4n) is 4.62. The molecule has 1 aromatic heterocycles. The quantitative estimate of drug-likeness (QED) is 0.282. The number of nitrogens with zero attached hydrogens (tertiary/aromatic N) is 3. The van der Waals surface area contributed by atoms with Crippen molar-refractivity contribution in [1.82, 2.24) is 14.9 Å². The van der Waals surface area contributed by atoms with Crippen LogP contribution in [0.1, 0.15) is 89.7 Å². The zero-order valence-electron chi connectivity index (χ0n) is 27.1. The molecule has 2 aliphatic rings. The molecular weight excluding hydrogens is 535 g/mol. The molecule has 1 N–H and O–H groups in total. The number of hydrogen-bond donors (Lipinski definition) is 1. The van der Waals surface area contributed by atoms with Gasteiger partial charge in [-0.3, -0.25) is 9.79 Å². The van der Waals surface area contributed by atoms with Gasteiger partial charge in [-0.05, 0) is 62.7 Å². The number of aliphatic imine (C=N–C) groups is 1. The number of H-pyrrole nitrogens is 1. The van der Waals surface area contributed by atoms with Gasteiger partial charge in [-0.25, -0.2) is 9.37 Å². The van der Waals surface area contributed by atoms with E-state index in [1.54, 1.807) is 12.5 Å². The van der Waals surface area contributed by atoms with Crippen molar-refractivity contribution < 1.29 is 9.18 Å². The first kappa shape index (κ1) is 35.4. The standard InChI is InChI=1S/C17H20N4O.C11H12.C9H19F/c1-3-12(2)4-5-13-8-18-9-14(13)17(22)21-7-6-15-16(10-21)20-11-19-15;1-3-7-11-9-6-5-8-10(11)4-2;1-4-5-9(10)7-6-8(2)3/h3-5,9,11H,6-8,10H2,1-2H3,(H,19,20);3-9H,2H2,1H3;8-9H,4-7H2,1-3H3/b5-4-,12-3-;7-3-;. The van der Waals surface area contributed by atoms with Crippen molar-refractivity contribution in [2.75, 3.05) is 13.1 Å². The van der Waals surface area contributed by atoms with Crippen LogP contribution >= 0.6 is 0 Å². The lowest BCUT2D eigenvalue weighted by atomic mass is 10.0. The highest BCUT2D eigenvalue weighted by atomic mass is 19.1. The van der Waals surface area contributed by atoms with E-state index in [9.17, 15) is 9.18 Å². The Hall–Kier alpha value is -3.80. The molecule has 1 amide bonds. The zero-order chi connectivity index (χ0) is 31.6. The van der Waals surface area contributed by atoms with Crippen LogP contribution in [0.25, 0.3) is 12.2 Å². The number of allylic oxidation sites excluding steroid dienone is 4. The largest absolute Gasteiger partial charge is 0.347 e. The summed E-state index contributed by atoms with van der Waals surface area (Å²) in [6, 6.07) is 8.19. The number of hydrogen-bond acceptors (Lipinski definition) is 3. The number of aromatic amines is 1. The maximum atomic E-state index is 12.8. The van der Waals surface area contributed by atoms with Gasteiger partial charge in [-0.1, -0.05) is 100 Å². The van der Waals surface area contributed by atoms with Crippen LogP contribution in [0.3, 0.4) is 0 Å². The van der Waals surface area contributed by atoms with Gasteiger partial charge in [0, 0.05) is 19.2 Å². The summed E-state index contributed by atoms with van der Waals surface area (Å²) in [7, 11) is 0. The Bertz CT molecular complexity index is 1310. The third kappa shape index (κ3) is 12.1. The molecular formula is C37H51FN4O. The topological polar surface area (TPSA) is 61.4 Å². The maximum Gasteiger partial charge on any atom is 0.256 e. The molecule has 4 rings (SSSR count). The summed E-state index contributed by atoms with van der Waals surface area (Å²) in [5.74, 6) is 0.703. The number of rotatable bonds is 10. The first-order valence-electron chi connectivity index (χ1n) is 15.6. The second-order valence-electron chi connectivity index (χ2n) is 11.3. The summed E-state index contributed by atoms with van der Waals surface area (Å²) in [4.78, 5) is 26.3. The van der Waals surface area contributed by atoms with Crippen LogP contribution in [0.4, 0.5) is 4.39 Å². The summed E-state index contributed by atoms with van der Waals surface area (Å²) in [5.41, 5.74) is 7.39. The Balaban J connectivity index is 0.000000258. The van der Waals surface area contributed by atoms with Crippen LogP contribution in [0.5, 0.6) is 0 Å². The summed E-state index contributed by atoms with van der Waals surface area (Å²) >= 11 is 0. The van der Waals surface area contributed by atoms with Crippen molar-refractivity contribution in [2.45, 2.75) is 86.4 Å². The maximum absolute atomic E-state index is 12.8. The molecule has 2 aromatic rings. The fraction of sp³-hybridized carbons (Fsp3) is 0.432. The molecule has 1 atom stereocenters. The zero-order valence-corrected chi connectivity index (χ0v) is 27.1. The minimum atomic E-state index is -0.549. The van der Waals surface area contributed by atoms with E-state index in [0.717, 1.165) is 49.1 Å². The van der Waals surface area contributed by atoms with E-state index in [4.69, 9.17) is 0 Å². The predicted octanol–water partition coefficient (Wildman–Crippen LogP) is 9.12. The van der Waals surface area contributed by atoms with Crippen LogP contribution in [-0.2, 0) is 17.8 Å². The molecule has 0 saturated heterocycles. The molecule has 0 bridgehead atoms. The lowest BCUT2D eigenvalue weighted by Gasteiger charge is -2.26. The Kier molecular flexibility index (Phi) is 16.0. The minimum Gasteiger partial charge on any atom is -0.347 e. The molecule has 1 unspecified atom stereocenters. The van der Waals surface area contributed by atoms with E-state index >= 15 is 0 Å². The molecule has 0 aliphatic carbocycles. The number of imidazole rings is 1. The highest BCUT2D eigenvalue weighted by Gasteiger charge is 2.26. The molecule has 232 valence electrons. The second kappa shape index (κ2) is 19.4. The Morgan fingerprint density at radius 1 is 1.14 bits per heavy atom. The monoisotopic (exact) mass is 586 g/mol. The summed E-state index contributed by atoms with van der Waals surface area (Å²) in [6.07, 6.45) is 19.2. The number of amides is 1. The van der Waals surface area contributed by atoms with Gasteiger partial charge in [0.1, 0.15) is 6.17 Å². The van der Waals surface area contributed by atoms with Gasteiger partial charge < -0.3 is 9.88 Å². The van der Waals surface area contributed by atoms with E-state index < -0.39 is 6.17 Å². The van der Waals surface area contributed by atoms with Crippen LogP contribution < -0.4 is 0 Å². The number of fused-ring (bicyclic) bond motifs is 1. The van der Waals surface area contributed by atoms with E-state index in [1.165, 1.54) is 16.7 Å².